The van der Waals surface area contributed by atoms with Gasteiger partial charge in [0.25, 0.3) is 0 Å². The molecule has 23 heavy (non-hydrogen) atoms. The lowest BCUT2D eigenvalue weighted by molar-refractivity contribution is -0.125. The average Bonchev–Trinajstić information content (AvgIpc) is 2.93. The number of carbonyl (C=O) groups is 1. The Morgan fingerprint density at radius 3 is 2.70 bits per heavy atom. The van der Waals surface area contributed by atoms with Gasteiger partial charge in [-0.3, -0.25) is 4.79 Å². The molecule has 1 aromatic rings. The number of benzene rings is 1. The largest absolute Gasteiger partial charge is 0.384 e. The van der Waals surface area contributed by atoms with Crippen molar-refractivity contribution in [3.8, 4) is 0 Å². The van der Waals surface area contributed by atoms with Crippen molar-refractivity contribution in [1.82, 2.24) is 10.2 Å². The molecule has 1 amide bonds. The maximum atomic E-state index is 13.0. The first kappa shape index (κ1) is 17.9. The zero-order valence-electron chi connectivity index (χ0n) is 14.2. The Morgan fingerprint density at radius 2 is 2.09 bits per heavy atom. The third kappa shape index (κ3) is 5.01. The highest BCUT2D eigenvalue weighted by Gasteiger charge is 2.30. The summed E-state index contributed by atoms with van der Waals surface area (Å²) < 4.78 is 13.0. The third-order valence-electron chi connectivity index (χ3n) is 4.34. The topological polar surface area (TPSA) is 52.6 Å². The summed E-state index contributed by atoms with van der Waals surface area (Å²) in [7, 11) is 0. The molecule has 1 fully saturated rings. The van der Waals surface area contributed by atoms with Crippen LogP contribution in [-0.2, 0) is 10.4 Å². The molecule has 2 atom stereocenters. The molecule has 5 heteroatoms. The Kier molecular flexibility index (Phi) is 5.76. The number of nitrogens with zero attached hydrogens (tertiary/aromatic N) is 1. The summed E-state index contributed by atoms with van der Waals surface area (Å²) >= 11 is 0. The summed E-state index contributed by atoms with van der Waals surface area (Å²) in [4.78, 5) is 14.6. The summed E-state index contributed by atoms with van der Waals surface area (Å²) in [6, 6.07) is 5.71. The van der Waals surface area contributed by atoms with E-state index in [1.54, 1.807) is 19.1 Å². The first-order valence-corrected chi connectivity index (χ1v) is 8.26. The highest BCUT2D eigenvalue weighted by molar-refractivity contribution is 5.79. The van der Waals surface area contributed by atoms with Gasteiger partial charge in [0, 0.05) is 13.1 Å². The molecule has 0 bridgehead atoms. The Morgan fingerprint density at radius 1 is 1.43 bits per heavy atom. The van der Waals surface area contributed by atoms with E-state index in [1.165, 1.54) is 12.1 Å². The van der Waals surface area contributed by atoms with Gasteiger partial charge in [0.05, 0.1) is 12.5 Å². The molecule has 1 aliphatic heterocycles. The van der Waals surface area contributed by atoms with E-state index in [0.29, 0.717) is 11.5 Å². The van der Waals surface area contributed by atoms with E-state index < -0.39 is 5.60 Å². The molecule has 2 unspecified atom stereocenters. The fourth-order valence-corrected chi connectivity index (χ4v) is 3.04. The lowest BCUT2D eigenvalue weighted by Gasteiger charge is -2.25. The fourth-order valence-electron chi connectivity index (χ4n) is 3.04. The van der Waals surface area contributed by atoms with Crippen molar-refractivity contribution in [3.63, 3.8) is 0 Å². The first-order valence-electron chi connectivity index (χ1n) is 8.26. The smallest absolute Gasteiger partial charge is 0.224 e. The van der Waals surface area contributed by atoms with Gasteiger partial charge in [-0.05, 0) is 43.5 Å². The molecule has 4 nitrogen and oxygen atoms in total. The van der Waals surface area contributed by atoms with Crippen LogP contribution in [-0.4, -0.2) is 42.1 Å². The number of hydrogen-bond donors (Lipinski definition) is 2. The van der Waals surface area contributed by atoms with E-state index in [4.69, 9.17) is 0 Å². The molecular weight excluding hydrogens is 295 g/mol. The van der Waals surface area contributed by atoms with Crippen molar-refractivity contribution in [2.24, 2.45) is 11.8 Å². The van der Waals surface area contributed by atoms with E-state index in [0.717, 1.165) is 26.1 Å². The Bertz CT molecular complexity index is 528. The van der Waals surface area contributed by atoms with Crippen molar-refractivity contribution in [3.05, 3.63) is 35.6 Å². The Labute approximate surface area is 137 Å². The van der Waals surface area contributed by atoms with Gasteiger partial charge in [0.1, 0.15) is 11.4 Å². The van der Waals surface area contributed by atoms with Crippen molar-refractivity contribution in [2.75, 3.05) is 26.2 Å². The summed E-state index contributed by atoms with van der Waals surface area (Å²) in [6.45, 7) is 8.84. The summed E-state index contributed by atoms with van der Waals surface area (Å²) in [5.74, 6) is 0.220. The van der Waals surface area contributed by atoms with Gasteiger partial charge in [-0.2, -0.15) is 0 Å². The zero-order chi connectivity index (χ0) is 17.0. The molecule has 1 heterocycles. The van der Waals surface area contributed by atoms with Gasteiger partial charge in [-0.25, -0.2) is 4.39 Å². The molecule has 0 aliphatic carbocycles. The number of nitrogens with one attached hydrogen (secondary N) is 1. The molecule has 0 radical (unpaired) electrons. The van der Waals surface area contributed by atoms with Gasteiger partial charge in [0.2, 0.25) is 5.91 Å². The second kappa shape index (κ2) is 7.41. The van der Waals surface area contributed by atoms with Crippen LogP contribution in [0.3, 0.4) is 0 Å². The summed E-state index contributed by atoms with van der Waals surface area (Å²) in [6.07, 6.45) is 0.858. The number of aliphatic hydroxyl groups is 1. The van der Waals surface area contributed by atoms with Crippen LogP contribution >= 0.6 is 0 Å². The maximum absolute atomic E-state index is 13.0. The molecule has 0 spiro atoms. The molecule has 1 aromatic carbocycles. The molecule has 128 valence electrons. The van der Waals surface area contributed by atoms with Crippen molar-refractivity contribution < 1.29 is 14.3 Å². The van der Waals surface area contributed by atoms with Crippen LogP contribution in [0.25, 0.3) is 0 Å². The lowest BCUT2D eigenvalue weighted by atomic mass is 9.95. The second-order valence-electron chi connectivity index (χ2n) is 7.14. The number of likely N-dealkylation sites (tertiary alicyclic amines) is 1. The van der Waals surface area contributed by atoms with Crippen LogP contribution < -0.4 is 5.32 Å². The van der Waals surface area contributed by atoms with Crippen molar-refractivity contribution in [2.45, 2.75) is 32.8 Å². The van der Waals surface area contributed by atoms with Gasteiger partial charge in [0.15, 0.2) is 0 Å². The molecule has 1 aliphatic rings. The average molecular weight is 322 g/mol. The molecule has 0 saturated carbocycles. The Balaban J connectivity index is 1.85. The molecule has 2 N–H and O–H groups in total. The van der Waals surface area contributed by atoms with Gasteiger partial charge in [-0.15, -0.1) is 0 Å². The third-order valence-corrected chi connectivity index (χ3v) is 4.34. The maximum Gasteiger partial charge on any atom is 0.224 e. The number of amides is 1. The minimum Gasteiger partial charge on any atom is -0.384 e. The van der Waals surface area contributed by atoms with E-state index in [2.05, 4.69) is 24.1 Å². The number of hydrogen-bond acceptors (Lipinski definition) is 3. The van der Waals surface area contributed by atoms with Crippen molar-refractivity contribution >= 4 is 5.91 Å². The van der Waals surface area contributed by atoms with E-state index in [-0.39, 0.29) is 24.2 Å². The molecule has 2 rings (SSSR count). The number of carbonyl (C=O) groups excluding carboxylic acids is 1. The number of halogens is 1. The normalized spacial score (nSPS) is 21.4. The predicted octanol–water partition coefficient (Wildman–Crippen LogP) is 2.13. The van der Waals surface area contributed by atoms with Crippen LogP contribution in [0.2, 0.25) is 0 Å². The monoisotopic (exact) mass is 322 g/mol. The SMILES string of the molecule is CC(C)CN1CCC(C(=O)NCC(C)(O)c2ccc(F)cc2)C1. The minimum atomic E-state index is -1.21. The van der Waals surface area contributed by atoms with E-state index >= 15 is 0 Å². The zero-order valence-corrected chi connectivity index (χ0v) is 14.2. The standard InChI is InChI=1S/C18H27FN2O2/c1-13(2)10-21-9-8-14(11-21)17(22)20-12-18(3,23)15-4-6-16(19)7-5-15/h4-7,13-14,23H,8-12H2,1-3H3,(H,20,22). The van der Waals surface area contributed by atoms with E-state index in [9.17, 15) is 14.3 Å². The molecule has 0 aromatic heterocycles. The quantitative estimate of drug-likeness (QED) is 0.843. The highest BCUT2D eigenvalue weighted by Crippen LogP contribution is 2.21. The highest BCUT2D eigenvalue weighted by atomic mass is 19.1. The Hall–Kier alpha value is -1.46. The summed E-state index contributed by atoms with van der Waals surface area (Å²) in [5, 5.41) is 13.3. The first-order chi connectivity index (χ1) is 10.8. The summed E-state index contributed by atoms with van der Waals surface area (Å²) in [5.41, 5.74) is -0.619. The van der Waals surface area contributed by atoms with Crippen molar-refractivity contribution in [1.29, 1.82) is 0 Å². The number of rotatable bonds is 6. The lowest BCUT2D eigenvalue weighted by Crippen LogP contribution is -2.41. The molecular formula is C18H27FN2O2. The van der Waals surface area contributed by atoms with Crippen LogP contribution in [0.1, 0.15) is 32.8 Å². The van der Waals surface area contributed by atoms with Gasteiger partial charge >= 0.3 is 0 Å². The second-order valence-corrected chi connectivity index (χ2v) is 7.14. The molecule has 1 saturated heterocycles. The van der Waals surface area contributed by atoms with E-state index in [1.807, 2.05) is 0 Å². The van der Waals surface area contributed by atoms with Crippen LogP contribution in [0.4, 0.5) is 4.39 Å². The van der Waals surface area contributed by atoms with Gasteiger partial charge < -0.3 is 15.3 Å². The fraction of sp³-hybridized carbons (Fsp3) is 0.611. The van der Waals surface area contributed by atoms with Gasteiger partial charge in [-0.1, -0.05) is 26.0 Å². The minimum absolute atomic E-state index is 0.0151. The van der Waals surface area contributed by atoms with Crippen LogP contribution in [0.5, 0.6) is 0 Å². The van der Waals surface area contributed by atoms with Crippen LogP contribution in [0.15, 0.2) is 24.3 Å². The predicted molar refractivity (Wildman–Crippen MR) is 88.4 cm³/mol. The van der Waals surface area contributed by atoms with Crippen LogP contribution in [0, 0.1) is 17.7 Å².